The van der Waals surface area contributed by atoms with Crippen molar-refractivity contribution in [3.63, 3.8) is 0 Å². The van der Waals surface area contributed by atoms with E-state index in [4.69, 9.17) is 0 Å². The molecule has 0 aliphatic rings. The van der Waals surface area contributed by atoms with Gasteiger partial charge in [-0.15, -0.1) is 0 Å². The molecular formula is C13H25N5. The summed E-state index contributed by atoms with van der Waals surface area (Å²) in [6, 6.07) is 0. The van der Waals surface area contributed by atoms with Crippen LogP contribution in [0.3, 0.4) is 0 Å². The zero-order valence-electron chi connectivity index (χ0n) is 12.2. The average Bonchev–Trinajstić information content (AvgIpc) is 2.34. The van der Waals surface area contributed by atoms with Gasteiger partial charge in [0.05, 0.1) is 0 Å². The van der Waals surface area contributed by atoms with Gasteiger partial charge in [0.2, 0.25) is 0 Å². The second-order valence-corrected chi connectivity index (χ2v) is 4.82. The molecule has 0 aromatic carbocycles. The maximum Gasteiger partial charge on any atom is 0.136 e. The van der Waals surface area contributed by atoms with Crippen molar-refractivity contribution in [1.29, 1.82) is 0 Å². The van der Waals surface area contributed by atoms with Crippen molar-refractivity contribution in [2.75, 3.05) is 51.0 Å². The molecule has 0 radical (unpaired) electrons. The van der Waals surface area contributed by atoms with E-state index >= 15 is 0 Å². The summed E-state index contributed by atoms with van der Waals surface area (Å²) >= 11 is 0. The van der Waals surface area contributed by atoms with E-state index in [0.29, 0.717) is 0 Å². The van der Waals surface area contributed by atoms with Crippen LogP contribution < -0.4 is 10.2 Å². The number of hydrogen-bond donors (Lipinski definition) is 1. The second kappa shape index (κ2) is 7.16. The van der Waals surface area contributed by atoms with Gasteiger partial charge >= 0.3 is 0 Å². The number of nitrogens with zero attached hydrogens (tertiary/aromatic N) is 4. The predicted octanol–water partition coefficient (Wildman–Crippen LogP) is 1.60. The summed E-state index contributed by atoms with van der Waals surface area (Å²) in [6.45, 7) is 7.13. The molecule has 18 heavy (non-hydrogen) atoms. The molecule has 5 nitrogen and oxygen atoms in total. The lowest BCUT2D eigenvalue weighted by molar-refractivity contribution is 0.416. The first-order valence-corrected chi connectivity index (χ1v) is 6.47. The van der Waals surface area contributed by atoms with Crippen molar-refractivity contribution >= 4 is 11.6 Å². The van der Waals surface area contributed by atoms with Gasteiger partial charge in [0, 0.05) is 32.2 Å². The number of nitrogens with one attached hydrogen (secondary N) is 1. The third kappa shape index (κ3) is 4.14. The van der Waals surface area contributed by atoms with Crippen molar-refractivity contribution in [1.82, 2.24) is 14.9 Å². The lowest BCUT2D eigenvalue weighted by Gasteiger charge is -2.23. The number of anilines is 2. The molecule has 0 spiro atoms. The Morgan fingerprint density at radius 3 is 2.50 bits per heavy atom. The fraction of sp³-hybridized carbons (Fsp3) is 0.692. The maximum absolute atomic E-state index is 4.38. The zero-order valence-corrected chi connectivity index (χ0v) is 12.2. The molecule has 0 bridgehead atoms. The molecule has 0 aliphatic heterocycles. The normalized spacial score (nSPS) is 10.8. The van der Waals surface area contributed by atoms with E-state index < -0.39 is 0 Å². The summed E-state index contributed by atoms with van der Waals surface area (Å²) in [5.74, 6) is 1.95. The monoisotopic (exact) mass is 251 g/mol. The van der Waals surface area contributed by atoms with Crippen LogP contribution in [0.15, 0.2) is 6.33 Å². The molecule has 1 aromatic rings. The van der Waals surface area contributed by atoms with Crippen molar-refractivity contribution in [2.24, 2.45) is 0 Å². The smallest absolute Gasteiger partial charge is 0.136 e. The molecule has 0 amide bonds. The topological polar surface area (TPSA) is 44.3 Å². The van der Waals surface area contributed by atoms with Crippen LogP contribution in [0.1, 0.15) is 18.9 Å². The van der Waals surface area contributed by atoms with E-state index in [1.54, 1.807) is 6.33 Å². The lowest BCUT2D eigenvalue weighted by Crippen LogP contribution is -2.29. The standard InChI is InChI=1S/C13H25N5/c1-6-7-14-12-11(2)13(16-10-15-12)18(5)9-8-17(3)4/h10H,6-9H2,1-5H3,(H,14,15,16). The van der Waals surface area contributed by atoms with E-state index in [-0.39, 0.29) is 0 Å². The summed E-state index contributed by atoms with van der Waals surface area (Å²) in [6.07, 6.45) is 2.72. The summed E-state index contributed by atoms with van der Waals surface area (Å²) in [5, 5.41) is 3.33. The van der Waals surface area contributed by atoms with Gasteiger partial charge in [-0.3, -0.25) is 0 Å². The van der Waals surface area contributed by atoms with Crippen LogP contribution in [0.2, 0.25) is 0 Å². The van der Waals surface area contributed by atoms with Crippen LogP contribution >= 0.6 is 0 Å². The molecule has 1 rings (SSSR count). The maximum atomic E-state index is 4.38. The molecule has 1 heterocycles. The highest BCUT2D eigenvalue weighted by Crippen LogP contribution is 2.20. The molecular weight excluding hydrogens is 226 g/mol. The highest BCUT2D eigenvalue weighted by molar-refractivity contribution is 5.57. The Hall–Kier alpha value is -1.36. The van der Waals surface area contributed by atoms with Crippen molar-refractivity contribution < 1.29 is 0 Å². The largest absolute Gasteiger partial charge is 0.370 e. The highest BCUT2D eigenvalue weighted by Gasteiger charge is 2.10. The third-order valence-electron chi connectivity index (χ3n) is 2.84. The first kappa shape index (κ1) is 14.7. The van der Waals surface area contributed by atoms with E-state index in [2.05, 4.69) is 60.1 Å². The summed E-state index contributed by atoms with van der Waals surface area (Å²) in [7, 11) is 6.23. The van der Waals surface area contributed by atoms with Crippen LogP contribution in [0.5, 0.6) is 0 Å². The summed E-state index contributed by atoms with van der Waals surface area (Å²) in [5.41, 5.74) is 1.12. The SMILES string of the molecule is CCCNc1ncnc(N(C)CCN(C)C)c1C. The number of aromatic nitrogens is 2. The lowest BCUT2D eigenvalue weighted by atomic mass is 10.3. The van der Waals surface area contributed by atoms with E-state index in [1.807, 2.05) is 0 Å². The van der Waals surface area contributed by atoms with Crippen molar-refractivity contribution in [2.45, 2.75) is 20.3 Å². The van der Waals surface area contributed by atoms with Gasteiger partial charge in [0.15, 0.2) is 0 Å². The Balaban J connectivity index is 2.75. The molecule has 0 fully saturated rings. The van der Waals surface area contributed by atoms with E-state index in [1.165, 1.54) is 0 Å². The summed E-state index contributed by atoms with van der Waals surface area (Å²) < 4.78 is 0. The van der Waals surface area contributed by atoms with Gasteiger partial charge < -0.3 is 15.1 Å². The molecule has 1 aromatic heterocycles. The molecule has 102 valence electrons. The van der Waals surface area contributed by atoms with Crippen LogP contribution in [-0.2, 0) is 0 Å². The van der Waals surface area contributed by atoms with E-state index in [0.717, 1.165) is 43.3 Å². The van der Waals surface area contributed by atoms with Gasteiger partial charge in [-0.05, 0) is 27.4 Å². The van der Waals surface area contributed by atoms with Crippen LogP contribution in [0.4, 0.5) is 11.6 Å². The van der Waals surface area contributed by atoms with E-state index in [9.17, 15) is 0 Å². The molecule has 1 N–H and O–H groups in total. The van der Waals surface area contributed by atoms with Gasteiger partial charge in [0.25, 0.3) is 0 Å². The third-order valence-corrected chi connectivity index (χ3v) is 2.84. The molecule has 0 saturated carbocycles. The molecule has 0 aliphatic carbocycles. The Morgan fingerprint density at radius 1 is 1.17 bits per heavy atom. The Bertz CT molecular complexity index is 364. The van der Waals surface area contributed by atoms with Crippen LogP contribution in [-0.4, -0.2) is 55.6 Å². The van der Waals surface area contributed by atoms with Crippen molar-refractivity contribution in [3.8, 4) is 0 Å². The molecule has 0 atom stereocenters. The quantitative estimate of drug-likeness (QED) is 0.797. The number of hydrogen-bond acceptors (Lipinski definition) is 5. The fourth-order valence-electron chi connectivity index (χ4n) is 1.70. The van der Waals surface area contributed by atoms with Crippen LogP contribution in [0, 0.1) is 6.92 Å². The fourth-order valence-corrected chi connectivity index (χ4v) is 1.70. The Kier molecular flexibility index (Phi) is 5.85. The first-order chi connectivity index (χ1) is 8.56. The van der Waals surface area contributed by atoms with Crippen molar-refractivity contribution in [3.05, 3.63) is 11.9 Å². The predicted molar refractivity (Wildman–Crippen MR) is 77.4 cm³/mol. The van der Waals surface area contributed by atoms with Gasteiger partial charge in [-0.1, -0.05) is 6.92 Å². The van der Waals surface area contributed by atoms with Gasteiger partial charge in [-0.25, -0.2) is 9.97 Å². The Morgan fingerprint density at radius 2 is 1.89 bits per heavy atom. The van der Waals surface area contributed by atoms with Gasteiger partial charge in [0.1, 0.15) is 18.0 Å². The summed E-state index contributed by atoms with van der Waals surface area (Å²) in [4.78, 5) is 13.0. The zero-order chi connectivity index (χ0) is 13.5. The molecule has 0 saturated heterocycles. The van der Waals surface area contributed by atoms with Gasteiger partial charge in [-0.2, -0.15) is 0 Å². The molecule has 0 unspecified atom stereocenters. The minimum absolute atomic E-state index is 0.943. The number of rotatable bonds is 7. The van der Waals surface area contributed by atoms with Crippen LogP contribution in [0.25, 0.3) is 0 Å². The Labute approximate surface area is 110 Å². The second-order valence-electron chi connectivity index (χ2n) is 4.82. The minimum atomic E-state index is 0.943. The average molecular weight is 251 g/mol. The highest BCUT2D eigenvalue weighted by atomic mass is 15.2. The first-order valence-electron chi connectivity index (χ1n) is 6.47. The molecule has 5 heteroatoms. The number of likely N-dealkylation sites (N-methyl/N-ethyl adjacent to an activating group) is 2. The minimum Gasteiger partial charge on any atom is -0.370 e.